The van der Waals surface area contributed by atoms with Crippen LogP contribution in [0.4, 0.5) is 18.3 Å². The first-order valence-corrected chi connectivity index (χ1v) is 6.55. The Balaban J connectivity index is 2.13. The summed E-state index contributed by atoms with van der Waals surface area (Å²) in [6.45, 7) is 0.302. The third kappa shape index (κ3) is 4.42. The van der Waals surface area contributed by atoms with Gasteiger partial charge in [-0.05, 0) is 19.1 Å². The first-order chi connectivity index (χ1) is 9.85. The van der Waals surface area contributed by atoms with Crippen molar-refractivity contribution in [3.63, 3.8) is 0 Å². The number of amides is 1. The lowest BCUT2D eigenvalue weighted by molar-refractivity contribution is -0.154. The molecular formula is C12H10F3N3O2S. The monoisotopic (exact) mass is 317 g/mol. The molecule has 0 aromatic carbocycles. The van der Waals surface area contributed by atoms with Crippen molar-refractivity contribution in [1.29, 1.82) is 0 Å². The number of carbonyl (C=O) groups is 1. The van der Waals surface area contributed by atoms with Gasteiger partial charge in [-0.3, -0.25) is 10.1 Å². The Kier molecular flexibility index (Phi) is 4.41. The molecule has 0 aliphatic heterocycles. The van der Waals surface area contributed by atoms with Gasteiger partial charge in [-0.2, -0.15) is 13.2 Å². The van der Waals surface area contributed by atoms with Crippen molar-refractivity contribution in [2.24, 2.45) is 0 Å². The van der Waals surface area contributed by atoms with Gasteiger partial charge in [-0.25, -0.2) is 9.97 Å². The molecule has 0 saturated heterocycles. The van der Waals surface area contributed by atoms with Crippen LogP contribution in [0, 0.1) is 6.92 Å². The van der Waals surface area contributed by atoms with E-state index in [2.05, 4.69) is 20.0 Å². The van der Waals surface area contributed by atoms with E-state index < -0.39 is 18.7 Å². The van der Waals surface area contributed by atoms with E-state index in [4.69, 9.17) is 0 Å². The van der Waals surface area contributed by atoms with Gasteiger partial charge < -0.3 is 4.74 Å². The Morgan fingerprint density at radius 1 is 1.43 bits per heavy atom. The molecule has 0 aliphatic rings. The number of hydrogen-bond donors (Lipinski definition) is 1. The van der Waals surface area contributed by atoms with Crippen LogP contribution in [0.2, 0.25) is 0 Å². The van der Waals surface area contributed by atoms with Crippen molar-refractivity contribution < 1.29 is 22.7 Å². The number of carbonyl (C=O) groups excluding carboxylic acids is 1. The highest BCUT2D eigenvalue weighted by atomic mass is 32.1. The maximum atomic E-state index is 12.2. The average molecular weight is 317 g/mol. The summed E-state index contributed by atoms with van der Waals surface area (Å²) in [6, 6.07) is 2.76. The van der Waals surface area contributed by atoms with Crippen molar-refractivity contribution in [3.8, 4) is 5.88 Å². The third-order valence-corrected chi connectivity index (χ3v) is 3.06. The second-order valence-corrected chi connectivity index (χ2v) is 5.22. The number of alkyl halides is 3. The molecule has 0 spiro atoms. The summed E-state index contributed by atoms with van der Waals surface area (Å²) in [5.41, 5.74) is -0.0883. The number of rotatable bonds is 4. The number of pyridine rings is 1. The summed E-state index contributed by atoms with van der Waals surface area (Å²) in [6.07, 6.45) is -1.68. The molecule has 2 rings (SSSR count). The van der Waals surface area contributed by atoms with Crippen LogP contribution in [0.3, 0.4) is 0 Å². The molecule has 0 radical (unpaired) electrons. The second kappa shape index (κ2) is 6.08. The molecule has 112 valence electrons. The fourth-order valence-corrected chi connectivity index (χ4v) is 2.07. The number of aryl methyl sites for hydroxylation is 1. The smallest absolute Gasteiger partial charge is 0.422 e. The molecule has 1 amide bonds. The largest absolute Gasteiger partial charge is 0.467 e. The van der Waals surface area contributed by atoms with Crippen molar-refractivity contribution in [3.05, 3.63) is 35.0 Å². The minimum Gasteiger partial charge on any atom is -0.467 e. The first kappa shape index (κ1) is 15.2. The van der Waals surface area contributed by atoms with E-state index in [1.165, 1.54) is 29.7 Å². The van der Waals surface area contributed by atoms with Gasteiger partial charge in [0.05, 0.1) is 0 Å². The molecular weight excluding hydrogens is 307 g/mol. The molecule has 0 fully saturated rings. The summed E-state index contributed by atoms with van der Waals surface area (Å²) in [4.78, 5) is 20.5. The number of aromatic nitrogens is 2. The summed E-state index contributed by atoms with van der Waals surface area (Å²) >= 11 is 1.25. The highest BCUT2D eigenvalue weighted by molar-refractivity contribution is 7.15. The Hall–Kier alpha value is -2.16. The van der Waals surface area contributed by atoms with Gasteiger partial charge in [0, 0.05) is 17.3 Å². The van der Waals surface area contributed by atoms with E-state index >= 15 is 0 Å². The standard InChI is InChI=1S/C12H10F3N3O2S/c1-7-5-17-11(21-7)18-9(19)8-3-2-4-16-10(8)20-6-12(13,14)15/h2-5H,6H2,1H3,(H,17,18,19). The highest BCUT2D eigenvalue weighted by Gasteiger charge is 2.29. The predicted molar refractivity (Wildman–Crippen MR) is 70.6 cm³/mol. The maximum Gasteiger partial charge on any atom is 0.422 e. The molecule has 9 heteroatoms. The molecule has 0 atom stereocenters. The Bertz CT molecular complexity index is 643. The van der Waals surface area contributed by atoms with E-state index in [0.717, 1.165) is 4.88 Å². The lowest BCUT2D eigenvalue weighted by atomic mass is 10.2. The zero-order valence-electron chi connectivity index (χ0n) is 10.8. The zero-order chi connectivity index (χ0) is 15.5. The number of anilines is 1. The van der Waals surface area contributed by atoms with Crippen molar-refractivity contribution in [1.82, 2.24) is 9.97 Å². The van der Waals surface area contributed by atoms with Gasteiger partial charge in [-0.15, -0.1) is 11.3 Å². The summed E-state index contributed by atoms with van der Waals surface area (Å²) in [5.74, 6) is -1.00. The summed E-state index contributed by atoms with van der Waals surface area (Å²) in [7, 11) is 0. The molecule has 0 saturated carbocycles. The van der Waals surface area contributed by atoms with Crippen LogP contribution in [0.5, 0.6) is 5.88 Å². The van der Waals surface area contributed by atoms with E-state index in [-0.39, 0.29) is 11.4 Å². The number of nitrogens with one attached hydrogen (secondary N) is 1. The number of thiazole rings is 1. The fourth-order valence-electron chi connectivity index (χ4n) is 1.41. The quantitative estimate of drug-likeness (QED) is 0.941. The fraction of sp³-hybridized carbons (Fsp3) is 0.250. The lowest BCUT2D eigenvalue weighted by Crippen LogP contribution is -2.21. The van der Waals surface area contributed by atoms with E-state index in [1.54, 1.807) is 6.20 Å². The van der Waals surface area contributed by atoms with Gasteiger partial charge in [-0.1, -0.05) is 0 Å². The molecule has 0 unspecified atom stereocenters. The second-order valence-electron chi connectivity index (χ2n) is 3.99. The van der Waals surface area contributed by atoms with Crippen LogP contribution in [0.25, 0.3) is 0 Å². The van der Waals surface area contributed by atoms with Crippen molar-refractivity contribution in [2.45, 2.75) is 13.1 Å². The molecule has 2 aromatic rings. The first-order valence-electron chi connectivity index (χ1n) is 5.73. The number of halogens is 3. The topological polar surface area (TPSA) is 64.1 Å². The third-order valence-electron chi connectivity index (χ3n) is 2.23. The minimum atomic E-state index is -4.50. The lowest BCUT2D eigenvalue weighted by Gasteiger charge is -2.11. The normalized spacial score (nSPS) is 11.2. The molecule has 5 nitrogen and oxygen atoms in total. The van der Waals surface area contributed by atoms with Gasteiger partial charge >= 0.3 is 6.18 Å². The summed E-state index contributed by atoms with van der Waals surface area (Å²) < 4.78 is 41.0. The number of nitrogens with zero attached hydrogens (tertiary/aromatic N) is 2. The number of hydrogen-bond acceptors (Lipinski definition) is 5. The Labute approximate surface area is 121 Å². The Morgan fingerprint density at radius 2 is 2.19 bits per heavy atom. The van der Waals surface area contributed by atoms with Crippen LogP contribution < -0.4 is 10.1 Å². The van der Waals surface area contributed by atoms with Gasteiger partial charge in [0.15, 0.2) is 11.7 Å². The van der Waals surface area contributed by atoms with Gasteiger partial charge in [0.1, 0.15) is 5.56 Å². The molecule has 2 aromatic heterocycles. The Morgan fingerprint density at radius 3 is 2.81 bits per heavy atom. The maximum absolute atomic E-state index is 12.2. The van der Waals surface area contributed by atoms with E-state index in [1.807, 2.05) is 6.92 Å². The summed E-state index contributed by atoms with van der Waals surface area (Å²) in [5, 5.41) is 2.83. The predicted octanol–water partition coefficient (Wildman–Crippen LogP) is 3.04. The average Bonchev–Trinajstić information content (AvgIpc) is 2.81. The molecule has 0 bridgehead atoms. The van der Waals surface area contributed by atoms with Crippen LogP contribution in [0.15, 0.2) is 24.5 Å². The van der Waals surface area contributed by atoms with Gasteiger partial charge in [0.25, 0.3) is 5.91 Å². The molecule has 2 heterocycles. The zero-order valence-corrected chi connectivity index (χ0v) is 11.6. The van der Waals surface area contributed by atoms with Crippen LogP contribution >= 0.6 is 11.3 Å². The SMILES string of the molecule is Cc1cnc(NC(=O)c2cccnc2OCC(F)(F)F)s1. The minimum absolute atomic E-state index is 0.0883. The molecule has 1 N–H and O–H groups in total. The number of ether oxygens (including phenoxy) is 1. The van der Waals surface area contributed by atoms with Crippen molar-refractivity contribution in [2.75, 3.05) is 11.9 Å². The van der Waals surface area contributed by atoms with Crippen molar-refractivity contribution >= 4 is 22.4 Å². The van der Waals surface area contributed by atoms with E-state index in [9.17, 15) is 18.0 Å². The van der Waals surface area contributed by atoms with Crippen LogP contribution in [0.1, 0.15) is 15.2 Å². The molecule has 21 heavy (non-hydrogen) atoms. The highest BCUT2D eigenvalue weighted by Crippen LogP contribution is 2.22. The van der Waals surface area contributed by atoms with Gasteiger partial charge in [0.2, 0.25) is 5.88 Å². The molecule has 0 aliphatic carbocycles. The van der Waals surface area contributed by atoms with E-state index in [0.29, 0.717) is 5.13 Å². The van der Waals surface area contributed by atoms with Crippen LogP contribution in [-0.4, -0.2) is 28.7 Å². The van der Waals surface area contributed by atoms with Crippen LogP contribution in [-0.2, 0) is 0 Å².